The monoisotopic (exact) mass is 397 g/mol. The Morgan fingerprint density at radius 1 is 1.23 bits per heavy atom. The zero-order valence-corrected chi connectivity index (χ0v) is 16.9. The number of anilines is 1. The molecule has 5 nitrogen and oxygen atoms in total. The predicted octanol–water partition coefficient (Wildman–Crippen LogP) is 4.83. The molecule has 1 aliphatic heterocycles. The molecule has 2 unspecified atom stereocenters. The third-order valence-corrected chi connectivity index (χ3v) is 6.62. The molecule has 2 aromatic rings. The molecule has 5 rings (SSSR count). The number of hydrogen-bond acceptors (Lipinski definition) is 4. The summed E-state index contributed by atoms with van der Waals surface area (Å²) >= 11 is 0. The molecular formula is C25H23N3O2. The van der Waals surface area contributed by atoms with Crippen LogP contribution in [0.4, 0.5) is 5.69 Å². The topological polar surface area (TPSA) is 76.7 Å². The van der Waals surface area contributed by atoms with E-state index < -0.39 is 5.97 Å². The molecule has 0 saturated heterocycles. The smallest absolute Gasteiger partial charge is 0.335 e. The van der Waals surface area contributed by atoms with Crippen LogP contribution in [-0.4, -0.2) is 22.8 Å². The zero-order chi connectivity index (χ0) is 20.8. The summed E-state index contributed by atoms with van der Waals surface area (Å²) in [5.41, 5.74) is 7.64. The summed E-state index contributed by atoms with van der Waals surface area (Å²) in [6.07, 6.45) is 7.60. The van der Waals surface area contributed by atoms with Gasteiger partial charge in [0.2, 0.25) is 0 Å². The van der Waals surface area contributed by atoms with Crippen molar-refractivity contribution in [3.05, 3.63) is 75.9 Å². The molecular weight excluding hydrogens is 374 g/mol. The van der Waals surface area contributed by atoms with E-state index >= 15 is 0 Å². The Kier molecular flexibility index (Phi) is 4.43. The van der Waals surface area contributed by atoms with Crippen LogP contribution in [0, 0.1) is 24.2 Å². The van der Waals surface area contributed by atoms with E-state index in [1.54, 1.807) is 12.1 Å². The van der Waals surface area contributed by atoms with Gasteiger partial charge in [-0.05, 0) is 86.1 Å². The number of allylic oxidation sites excluding steroid dienone is 1. The quantitative estimate of drug-likeness (QED) is 0.753. The summed E-state index contributed by atoms with van der Waals surface area (Å²) in [5, 5.41) is 25.9. The van der Waals surface area contributed by atoms with Crippen LogP contribution in [0.15, 0.2) is 53.1 Å². The van der Waals surface area contributed by atoms with Crippen LogP contribution >= 0.6 is 0 Å². The summed E-state index contributed by atoms with van der Waals surface area (Å²) in [5.74, 6) is -0.592. The van der Waals surface area contributed by atoms with Gasteiger partial charge >= 0.3 is 5.97 Å². The Bertz CT molecular complexity index is 1160. The second-order valence-electron chi connectivity index (χ2n) is 8.38. The lowest BCUT2D eigenvalue weighted by atomic mass is 9.76. The average Bonchev–Trinajstić information content (AvgIpc) is 3.40. The fraction of sp³-hybridized carbons (Fsp3) is 0.320. The highest BCUT2D eigenvalue weighted by Crippen LogP contribution is 2.43. The molecule has 2 atom stereocenters. The van der Waals surface area contributed by atoms with Gasteiger partial charge in [-0.15, -0.1) is 0 Å². The number of fused-ring (bicyclic) bond motifs is 3. The average molecular weight is 397 g/mol. The minimum atomic E-state index is -0.892. The first-order chi connectivity index (χ1) is 14.6. The number of aryl methyl sites for hydroxylation is 2. The van der Waals surface area contributed by atoms with E-state index in [-0.39, 0.29) is 6.04 Å². The summed E-state index contributed by atoms with van der Waals surface area (Å²) < 4.78 is 0. The summed E-state index contributed by atoms with van der Waals surface area (Å²) in [6, 6.07) is 13.8. The maximum Gasteiger partial charge on any atom is 0.335 e. The molecule has 30 heavy (non-hydrogen) atoms. The number of nitriles is 1. The van der Waals surface area contributed by atoms with Crippen LogP contribution in [0.2, 0.25) is 0 Å². The van der Waals surface area contributed by atoms with Crippen LogP contribution in [0.25, 0.3) is 0 Å². The van der Waals surface area contributed by atoms with E-state index in [0.717, 1.165) is 53.8 Å². The Hall–Kier alpha value is -3.39. The Balaban J connectivity index is 1.61. The number of carboxylic acid groups (broad SMARTS) is 1. The number of aromatic carboxylic acids is 1. The first-order valence-electron chi connectivity index (χ1n) is 10.5. The zero-order valence-electron chi connectivity index (χ0n) is 16.9. The van der Waals surface area contributed by atoms with Gasteiger partial charge in [-0.3, -0.25) is 5.01 Å². The van der Waals surface area contributed by atoms with Crippen molar-refractivity contribution in [3.8, 4) is 6.07 Å². The van der Waals surface area contributed by atoms with Crippen molar-refractivity contribution < 1.29 is 9.90 Å². The van der Waals surface area contributed by atoms with Crippen LogP contribution in [0.3, 0.4) is 0 Å². The van der Waals surface area contributed by atoms with Crippen LogP contribution in [0.5, 0.6) is 0 Å². The third-order valence-electron chi connectivity index (χ3n) is 6.62. The number of benzene rings is 2. The molecule has 5 heteroatoms. The van der Waals surface area contributed by atoms with Crippen molar-refractivity contribution in [1.29, 1.82) is 5.26 Å². The minimum absolute atomic E-state index is 0.196. The van der Waals surface area contributed by atoms with Gasteiger partial charge in [-0.2, -0.15) is 10.4 Å². The molecule has 3 aliphatic rings. The number of rotatable bonds is 3. The van der Waals surface area contributed by atoms with Gasteiger partial charge in [0.25, 0.3) is 0 Å². The van der Waals surface area contributed by atoms with Crippen molar-refractivity contribution in [2.45, 2.75) is 45.1 Å². The van der Waals surface area contributed by atoms with Crippen molar-refractivity contribution in [1.82, 2.24) is 0 Å². The first-order valence-corrected chi connectivity index (χ1v) is 10.5. The Morgan fingerprint density at radius 3 is 2.80 bits per heavy atom. The van der Waals surface area contributed by atoms with E-state index in [1.807, 2.05) is 25.1 Å². The van der Waals surface area contributed by atoms with Crippen molar-refractivity contribution in [2.75, 3.05) is 5.01 Å². The van der Waals surface area contributed by atoms with Gasteiger partial charge in [-0.25, -0.2) is 4.79 Å². The lowest BCUT2D eigenvalue weighted by Crippen LogP contribution is -2.37. The Morgan fingerprint density at radius 2 is 2.10 bits per heavy atom. The van der Waals surface area contributed by atoms with E-state index in [0.29, 0.717) is 17.0 Å². The van der Waals surface area contributed by atoms with Gasteiger partial charge < -0.3 is 5.11 Å². The van der Waals surface area contributed by atoms with E-state index in [1.165, 1.54) is 12.0 Å². The maximum atomic E-state index is 11.4. The van der Waals surface area contributed by atoms with Gasteiger partial charge in [-0.1, -0.05) is 12.1 Å². The van der Waals surface area contributed by atoms with E-state index in [9.17, 15) is 15.2 Å². The molecule has 0 saturated carbocycles. The normalized spacial score (nSPS) is 22.1. The molecule has 0 fully saturated rings. The van der Waals surface area contributed by atoms with Gasteiger partial charge in [0.05, 0.1) is 34.6 Å². The lowest BCUT2D eigenvalue weighted by molar-refractivity contribution is 0.0696. The second kappa shape index (κ2) is 7.14. The summed E-state index contributed by atoms with van der Waals surface area (Å²) in [7, 11) is 0. The maximum absolute atomic E-state index is 11.4. The third kappa shape index (κ3) is 2.91. The van der Waals surface area contributed by atoms with Crippen LogP contribution in [-0.2, 0) is 6.42 Å². The SMILES string of the molecule is Cc1cc(N2N=C3c4ccc(C(=O)O)cc4CCC3C2C2=CCCC2)ccc1C#N. The number of nitrogens with zero attached hydrogens (tertiary/aromatic N) is 3. The predicted molar refractivity (Wildman–Crippen MR) is 116 cm³/mol. The molecule has 1 heterocycles. The van der Waals surface area contributed by atoms with Crippen LogP contribution in [0.1, 0.15) is 58.3 Å². The van der Waals surface area contributed by atoms with Crippen molar-refractivity contribution in [3.63, 3.8) is 0 Å². The molecule has 0 bridgehead atoms. The number of hydrogen-bond donors (Lipinski definition) is 1. The molecule has 2 aromatic carbocycles. The molecule has 1 N–H and O–H groups in total. The van der Waals surface area contributed by atoms with Crippen molar-refractivity contribution in [2.24, 2.45) is 11.0 Å². The summed E-state index contributed by atoms with van der Waals surface area (Å²) in [4.78, 5) is 11.4. The highest BCUT2D eigenvalue weighted by Gasteiger charge is 2.43. The first kappa shape index (κ1) is 18.6. The number of hydrazone groups is 1. The largest absolute Gasteiger partial charge is 0.478 e. The van der Waals surface area contributed by atoms with E-state index in [2.05, 4.69) is 23.2 Å². The molecule has 150 valence electrons. The fourth-order valence-corrected chi connectivity index (χ4v) is 5.13. The Labute approximate surface area is 175 Å². The molecule has 0 spiro atoms. The lowest BCUT2D eigenvalue weighted by Gasteiger charge is -2.31. The van der Waals surface area contributed by atoms with Gasteiger partial charge in [0.1, 0.15) is 0 Å². The number of carbonyl (C=O) groups is 1. The van der Waals surface area contributed by atoms with Gasteiger partial charge in [0.15, 0.2) is 0 Å². The minimum Gasteiger partial charge on any atom is -0.478 e. The van der Waals surface area contributed by atoms with Gasteiger partial charge in [0, 0.05) is 11.5 Å². The molecule has 0 radical (unpaired) electrons. The number of carboxylic acids is 1. The molecule has 0 aromatic heterocycles. The highest BCUT2D eigenvalue weighted by atomic mass is 16.4. The molecule has 0 amide bonds. The van der Waals surface area contributed by atoms with E-state index in [4.69, 9.17) is 5.10 Å². The van der Waals surface area contributed by atoms with Crippen molar-refractivity contribution >= 4 is 17.4 Å². The second-order valence-corrected chi connectivity index (χ2v) is 8.38. The molecule has 2 aliphatic carbocycles. The standard InChI is InChI=1S/C25H23N3O2/c1-15-12-20(9-6-19(15)14-26)28-24(16-4-2-3-5-16)22-11-7-17-13-18(25(29)30)8-10-21(17)23(22)27-28/h4,6,8-10,12-13,22,24H,2-3,5,7,11H2,1H3,(H,29,30). The fourth-order valence-electron chi connectivity index (χ4n) is 5.13. The summed E-state index contributed by atoms with van der Waals surface area (Å²) in [6.45, 7) is 1.96. The van der Waals surface area contributed by atoms with Crippen LogP contribution < -0.4 is 5.01 Å². The highest BCUT2D eigenvalue weighted by molar-refractivity contribution is 6.08.